The smallest absolute Gasteiger partial charge is 0.354 e. The monoisotopic (exact) mass is 251 g/mol. The number of carbonyl (C=O) groups is 1. The molecule has 1 fully saturated rings. The van der Waals surface area contributed by atoms with Crippen molar-refractivity contribution in [3.63, 3.8) is 0 Å². The first kappa shape index (κ1) is 13.1. The van der Waals surface area contributed by atoms with Gasteiger partial charge in [-0.2, -0.15) is 0 Å². The lowest BCUT2D eigenvalue weighted by atomic mass is 10.1. The molecule has 2 rings (SSSR count). The van der Waals surface area contributed by atoms with Crippen LogP contribution < -0.4 is 5.32 Å². The number of aromatic nitrogens is 1. The van der Waals surface area contributed by atoms with Crippen molar-refractivity contribution in [2.24, 2.45) is 0 Å². The molecule has 0 bridgehead atoms. The van der Waals surface area contributed by atoms with E-state index in [1.54, 1.807) is 6.07 Å². The Morgan fingerprint density at radius 1 is 1.50 bits per heavy atom. The summed E-state index contributed by atoms with van der Waals surface area (Å²) in [6, 6.07) is 4.74. The lowest BCUT2D eigenvalue weighted by molar-refractivity contribution is 0.0594. The first-order valence-electron chi connectivity index (χ1n) is 6.33. The van der Waals surface area contributed by atoms with Gasteiger partial charge in [0.1, 0.15) is 5.69 Å². The minimum absolute atomic E-state index is 0.317. The highest BCUT2D eigenvalue weighted by molar-refractivity contribution is 5.87. The Balaban J connectivity index is 2.00. The molecule has 2 unspecified atom stereocenters. The molecule has 18 heavy (non-hydrogen) atoms. The number of hydrogen-bond acceptors (Lipinski definition) is 4. The first-order chi connectivity index (χ1) is 8.60. The van der Waals surface area contributed by atoms with Gasteiger partial charge in [-0.25, -0.2) is 4.79 Å². The third-order valence-corrected chi connectivity index (χ3v) is 3.42. The number of piperazine rings is 1. The van der Waals surface area contributed by atoms with E-state index in [1.165, 1.54) is 7.11 Å². The van der Waals surface area contributed by atoms with Gasteiger partial charge in [-0.05, 0) is 26.0 Å². The van der Waals surface area contributed by atoms with Crippen LogP contribution in [-0.2, 0) is 11.3 Å². The van der Waals surface area contributed by atoms with Gasteiger partial charge in [-0.15, -0.1) is 0 Å². The van der Waals surface area contributed by atoms with E-state index in [-0.39, 0.29) is 5.97 Å². The molecule has 5 heteroatoms. The van der Waals surface area contributed by atoms with Gasteiger partial charge in [0, 0.05) is 37.4 Å². The predicted octanol–water partition coefficient (Wildman–Crippen LogP) is 0.983. The van der Waals surface area contributed by atoms with Crippen LogP contribution in [0.3, 0.4) is 0 Å². The van der Waals surface area contributed by atoms with E-state index in [1.807, 2.05) is 6.07 Å². The Morgan fingerprint density at radius 2 is 2.28 bits per heavy atom. The van der Waals surface area contributed by atoms with Gasteiger partial charge < -0.3 is 15.0 Å². The van der Waals surface area contributed by atoms with Crippen molar-refractivity contribution in [3.05, 3.63) is 23.5 Å². The topological polar surface area (TPSA) is 57.4 Å². The van der Waals surface area contributed by atoms with E-state index < -0.39 is 0 Å². The van der Waals surface area contributed by atoms with Crippen molar-refractivity contribution in [2.75, 3.05) is 20.2 Å². The third-order valence-electron chi connectivity index (χ3n) is 3.42. The lowest BCUT2D eigenvalue weighted by Crippen LogP contribution is -2.53. The van der Waals surface area contributed by atoms with Crippen LogP contribution in [0.2, 0.25) is 0 Å². The summed E-state index contributed by atoms with van der Waals surface area (Å²) in [5.41, 5.74) is 1.57. The van der Waals surface area contributed by atoms with Gasteiger partial charge in [0.05, 0.1) is 7.11 Å². The van der Waals surface area contributed by atoms with Gasteiger partial charge in [0.25, 0.3) is 0 Å². The van der Waals surface area contributed by atoms with Gasteiger partial charge in [0.2, 0.25) is 0 Å². The highest BCUT2D eigenvalue weighted by Gasteiger charge is 2.22. The van der Waals surface area contributed by atoms with E-state index in [0.717, 1.165) is 25.3 Å². The Bertz CT molecular complexity index is 416. The highest BCUT2D eigenvalue weighted by atomic mass is 16.5. The van der Waals surface area contributed by atoms with Crippen LogP contribution in [0.5, 0.6) is 0 Å². The molecule has 0 radical (unpaired) electrons. The maximum Gasteiger partial charge on any atom is 0.354 e. The van der Waals surface area contributed by atoms with Crippen molar-refractivity contribution < 1.29 is 9.53 Å². The summed E-state index contributed by atoms with van der Waals surface area (Å²) >= 11 is 0. The fourth-order valence-corrected chi connectivity index (χ4v) is 2.30. The maximum absolute atomic E-state index is 11.4. The van der Waals surface area contributed by atoms with Crippen LogP contribution in [-0.4, -0.2) is 48.1 Å². The van der Waals surface area contributed by atoms with Crippen molar-refractivity contribution in [2.45, 2.75) is 32.5 Å². The number of nitrogens with one attached hydrogen (secondary N) is 2. The number of nitrogens with zero attached hydrogens (tertiary/aromatic N) is 1. The molecule has 1 aromatic heterocycles. The molecule has 2 N–H and O–H groups in total. The maximum atomic E-state index is 11.4. The fraction of sp³-hybridized carbons (Fsp3) is 0.615. The zero-order chi connectivity index (χ0) is 13.1. The number of H-pyrrole nitrogens is 1. The Hall–Kier alpha value is -1.33. The zero-order valence-corrected chi connectivity index (χ0v) is 11.2. The van der Waals surface area contributed by atoms with Gasteiger partial charge in [0.15, 0.2) is 0 Å². The van der Waals surface area contributed by atoms with Crippen molar-refractivity contribution >= 4 is 5.97 Å². The van der Waals surface area contributed by atoms with E-state index >= 15 is 0 Å². The first-order valence-corrected chi connectivity index (χ1v) is 6.33. The molecular weight excluding hydrogens is 230 g/mol. The SMILES string of the molecule is COC(=O)c1ccc(CN2CC(C)NCC2C)[nH]1. The van der Waals surface area contributed by atoms with Crippen molar-refractivity contribution in [1.29, 1.82) is 0 Å². The molecule has 2 heterocycles. The Morgan fingerprint density at radius 3 is 3.00 bits per heavy atom. The van der Waals surface area contributed by atoms with Crippen LogP contribution >= 0.6 is 0 Å². The molecule has 1 aromatic rings. The third kappa shape index (κ3) is 2.91. The van der Waals surface area contributed by atoms with Crippen LogP contribution in [0.15, 0.2) is 12.1 Å². The van der Waals surface area contributed by atoms with Gasteiger partial charge in [-0.3, -0.25) is 4.90 Å². The zero-order valence-electron chi connectivity index (χ0n) is 11.2. The van der Waals surface area contributed by atoms with Gasteiger partial charge in [-0.1, -0.05) is 0 Å². The largest absolute Gasteiger partial charge is 0.464 e. The average Bonchev–Trinajstić information content (AvgIpc) is 2.81. The Labute approximate surface area is 108 Å². The van der Waals surface area contributed by atoms with Crippen LogP contribution in [0.4, 0.5) is 0 Å². The molecule has 0 saturated carbocycles. The molecule has 2 atom stereocenters. The molecule has 5 nitrogen and oxygen atoms in total. The minimum Gasteiger partial charge on any atom is -0.464 e. The summed E-state index contributed by atoms with van der Waals surface area (Å²) in [6.45, 7) is 7.26. The number of methoxy groups -OCH3 is 1. The summed E-state index contributed by atoms with van der Waals surface area (Å²) in [4.78, 5) is 16.9. The predicted molar refractivity (Wildman–Crippen MR) is 69.5 cm³/mol. The molecule has 0 amide bonds. The Kier molecular flexibility index (Phi) is 4.04. The van der Waals surface area contributed by atoms with Crippen LogP contribution in [0.25, 0.3) is 0 Å². The van der Waals surface area contributed by atoms with E-state index in [4.69, 9.17) is 0 Å². The lowest BCUT2D eigenvalue weighted by Gasteiger charge is -2.37. The molecular formula is C13H21N3O2. The summed E-state index contributed by atoms with van der Waals surface area (Å²) < 4.78 is 4.68. The molecule has 1 aliphatic heterocycles. The molecule has 0 aliphatic carbocycles. The average molecular weight is 251 g/mol. The summed E-state index contributed by atoms with van der Waals surface area (Å²) in [5.74, 6) is -0.317. The van der Waals surface area contributed by atoms with Crippen LogP contribution in [0, 0.1) is 0 Å². The quantitative estimate of drug-likeness (QED) is 0.786. The summed E-state index contributed by atoms with van der Waals surface area (Å²) in [6.07, 6.45) is 0. The molecule has 0 aromatic carbocycles. The van der Waals surface area contributed by atoms with E-state index in [2.05, 4.69) is 33.8 Å². The van der Waals surface area contributed by atoms with Gasteiger partial charge >= 0.3 is 5.97 Å². The number of hydrogen-bond donors (Lipinski definition) is 2. The molecule has 1 aliphatic rings. The van der Waals surface area contributed by atoms with E-state index in [0.29, 0.717) is 17.8 Å². The number of aromatic amines is 1. The summed E-state index contributed by atoms with van der Waals surface area (Å²) in [5, 5.41) is 3.45. The number of esters is 1. The number of rotatable bonds is 3. The second kappa shape index (κ2) is 5.54. The molecule has 1 saturated heterocycles. The van der Waals surface area contributed by atoms with E-state index in [9.17, 15) is 4.79 Å². The fourth-order valence-electron chi connectivity index (χ4n) is 2.30. The summed E-state index contributed by atoms with van der Waals surface area (Å²) in [7, 11) is 1.39. The van der Waals surface area contributed by atoms with Crippen LogP contribution in [0.1, 0.15) is 30.0 Å². The normalized spacial score (nSPS) is 25.1. The number of ether oxygens (including phenoxy) is 1. The second-order valence-corrected chi connectivity index (χ2v) is 4.98. The second-order valence-electron chi connectivity index (χ2n) is 4.98. The molecule has 0 spiro atoms. The minimum atomic E-state index is -0.317. The molecule has 100 valence electrons. The highest BCUT2D eigenvalue weighted by Crippen LogP contribution is 2.12. The standard InChI is InChI=1S/C13H21N3O2/c1-9-7-16(10(2)6-14-9)8-11-4-5-12(15-11)13(17)18-3/h4-5,9-10,14-15H,6-8H2,1-3H3. The number of carbonyl (C=O) groups excluding carboxylic acids is 1. The van der Waals surface area contributed by atoms with Crippen molar-refractivity contribution in [3.8, 4) is 0 Å². The van der Waals surface area contributed by atoms with Crippen molar-refractivity contribution in [1.82, 2.24) is 15.2 Å².